The summed E-state index contributed by atoms with van der Waals surface area (Å²) in [4.78, 5) is 6.98. The second-order valence-corrected chi connectivity index (χ2v) is 7.41. The molecule has 2 heterocycles. The van der Waals surface area contributed by atoms with Crippen LogP contribution in [0.25, 0.3) is 11.0 Å². The Morgan fingerprint density at radius 1 is 1.19 bits per heavy atom. The molecule has 21 heavy (non-hydrogen) atoms. The third kappa shape index (κ3) is 2.41. The number of benzene rings is 1. The molecule has 0 saturated carbocycles. The molecule has 6 heteroatoms. The van der Waals surface area contributed by atoms with E-state index in [1.54, 1.807) is 17.4 Å². The summed E-state index contributed by atoms with van der Waals surface area (Å²) in [5, 5.41) is 1.000. The highest BCUT2D eigenvalue weighted by molar-refractivity contribution is 7.12. The van der Waals surface area contributed by atoms with Gasteiger partial charge >= 0.3 is 0 Å². The summed E-state index contributed by atoms with van der Waals surface area (Å²) in [7, 11) is 0. The molecule has 3 rings (SSSR count). The van der Waals surface area contributed by atoms with Crippen LogP contribution in [0.5, 0.6) is 0 Å². The van der Waals surface area contributed by atoms with E-state index < -0.39 is 0 Å². The number of fused-ring (bicyclic) bond motifs is 1. The Hall–Kier alpha value is -1.23. The second kappa shape index (κ2) is 5.20. The van der Waals surface area contributed by atoms with Crippen molar-refractivity contribution in [2.24, 2.45) is 0 Å². The number of hydrogen-bond acceptors (Lipinski definition) is 3. The van der Waals surface area contributed by atoms with E-state index in [9.17, 15) is 0 Å². The molecule has 0 radical (unpaired) electrons. The standard InChI is InChI=1S/C15H15Cl2N3S/c1-7-4-10(9(3)21-7)8(2)20-14-6-12(17)11(16)5-13(14)19-15(20)18/h4-6,8H,1-3H3,(H2,18,19). The summed E-state index contributed by atoms with van der Waals surface area (Å²) >= 11 is 14.0. The first-order valence-electron chi connectivity index (χ1n) is 6.58. The number of nitrogens with zero attached hydrogens (tertiary/aromatic N) is 2. The zero-order valence-corrected chi connectivity index (χ0v) is 14.3. The first kappa shape index (κ1) is 14.7. The molecule has 2 N–H and O–H groups in total. The summed E-state index contributed by atoms with van der Waals surface area (Å²) < 4.78 is 2.01. The smallest absolute Gasteiger partial charge is 0.201 e. The predicted octanol–water partition coefficient (Wildman–Crippen LogP) is 5.21. The van der Waals surface area contributed by atoms with Crippen molar-refractivity contribution >= 4 is 51.5 Å². The van der Waals surface area contributed by atoms with E-state index in [1.165, 1.54) is 15.3 Å². The molecule has 0 amide bonds. The molecule has 0 aliphatic carbocycles. The van der Waals surface area contributed by atoms with Crippen LogP contribution in [0.15, 0.2) is 18.2 Å². The minimum Gasteiger partial charge on any atom is -0.369 e. The third-order valence-electron chi connectivity index (χ3n) is 3.68. The maximum Gasteiger partial charge on any atom is 0.201 e. The normalized spacial score (nSPS) is 13.0. The van der Waals surface area contributed by atoms with Crippen molar-refractivity contribution in [3.8, 4) is 0 Å². The molecule has 1 aromatic carbocycles. The number of halogens is 2. The molecule has 1 unspecified atom stereocenters. The van der Waals surface area contributed by atoms with Gasteiger partial charge in [0.15, 0.2) is 0 Å². The molecular formula is C15H15Cl2N3S. The van der Waals surface area contributed by atoms with Crippen LogP contribution >= 0.6 is 34.5 Å². The van der Waals surface area contributed by atoms with Gasteiger partial charge in [0.1, 0.15) is 0 Å². The molecule has 1 atom stereocenters. The third-order valence-corrected chi connectivity index (χ3v) is 5.38. The highest BCUT2D eigenvalue weighted by atomic mass is 35.5. The lowest BCUT2D eigenvalue weighted by Gasteiger charge is -2.16. The fourth-order valence-corrected chi connectivity index (χ4v) is 4.05. The predicted molar refractivity (Wildman–Crippen MR) is 91.8 cm³/mol. The molecule has 0 saturated heterocycles. The highest BCUT2D eigenvalue weighted by Gasteiger charge is 2.19. The topological polar surface area (TPSA) is 43.8 Å². The molecule has 0 fully saturated rings. The Labute approximate surface area is 137 Å². The van der Waals surface area contributed by atoms with E-state index in [0.717, 1.165) is 11.0 Å². The summed E-state index contributed by atoms with van der Waals surface area (Å²) in [6.07, 6.45) is 0. The first-order chi connectivity index (χ1) is 9.88. The Bertz CT molecular complexity index is 835. The number of imidazole rings is 1. The van der Waals surface area contributed by atoms with Crippen molar-refractivity contribution < 1.29 is 0 Å². The fraction of sp³-hybridized carbons (Fsp3) is 0.267. The van der Waals surface area contributed by atoms with Crippen LogP contribution in [0.1, 0.15) is 28.3 Å². The average Bonchev–Trinajstić information content (AvgIpc) is 2.89. The molecular weight excluding hydrogens is 325 g/mol. The summed E-state index contributed by atoms with van der Waals surface area (Å²) in [5.74, 6) is 0.471. The zero-order chi connectivity index (χ0) is 15.3. The maximum atomic E-state index is 6.14. The van der Waals surface area contributed by atoms with E-state index in [-0.39, 0.29) is 6.04 Å². The van der Waals surface area contributed by atoms with Gasteiger partial charge in [-0.3, -0.25) is 0 Å². The Morgan fingerprint density at radius 2 is 1.86 bits per heavy atom. The van der Waals surface area contributed by atoms with Crippen molar-refractivity contribution in [1.82, 2.24) is 9.55 Å². The summed E-state index contributed by atoms with van der Waals surface area (Å²) in [5.41, 5.74) is 9.04. The van der Waals surface area contributed by atoms with Crippen LogP contribution in [0.2, 0.25) is 10.0 Å². The van der Waals surface area contributed by atoms with Gasteiger partial charge in [-0.15, -0.1) is 11.3 Å². The number of hydrogen-bond donors (Lipinski definition) is 1. The molecule has 3 nitrogen and oxygen atoms in total. The van der Waals surface area contributed by atoms with Gasteiger partial charge in [-0.1, -0.05) is 23.2 Å². The lowest BCUT2D eigenvalue weighted by Crippen LogP contribution is -2.10. The van der Waals surface area contributed by atoms with E-state index in [1.807, 2.05) is 10.6 Å². The summed E-state index contributed by atoms with van der Waals surface area (Å²) in [6, 6.07) is 5.88. The van der Waals surface area contributed by atoms with Gasteiger partial charge in [-0.05, 0) is 44.5 Å². The Balaban J connectivity index is 2.22. The molecule has 0 spiro atoms. The molecule has 0 aliphatic heterocycles. The molecule has 3 aromatic rings. The Morgan fingerprint density at radius 3 is 2.48 bits per heavy atom. The van der Waals surface area contributed by atoms with E-state index in [2.05, 4.69) is 31.8 Å². The molecule has 110 valence electrons. The van der Waals surface area contributed by atoms with Crippen LogP contribution in [-0.2, 0) is 0 Å². The largest absolute Gasteiger partial charge is 0.369 e. The number of rotatable bonds is 2. The van der Waals surface area contributed by atoms with E-state index in [0.29, 0.717) is 16.0 Å². The number of nitrogens with two attached hydrogens (primary N) is 1. The monoisotopic (exact) mass is 339 g/mol. The lowest BCUT2D eigenvalue weighted by atomic mass is 10.1. The number of aromatic nitrogens is 2. The number of anilines is 1. The molecule has 0 aliphatic rings. The van der Waals surface area contributed by atoms with Crippen molar-refractivity contribution in [2.75, 3.05) is 5.73 Å². The minimum absolute atomic E-state index is 0.0946. The lowest BCUT2D eigenvalue weighted by molar-refractivity contribution is 0.666. The van der Waals surface area contributed by atoms with Crippen LogP contribution in [0.3, 0.4) is 0 Å². The van der Waals surface area contributed by atoms with E-state index in [4.69, 9.17) is 28.9 Å². The number of nitrogen functional groups attached to an aromatic ring is 1. The molecule has 0 bridgehead atoms. The highest BCUT2D eigenvalue weighted by Crippen LogP contribution is 2.35. The quantitative estimate of drug-likeness (QED) is 0.696. The van der Waals surface area contributed by atoms with Crippen molar-refractivity contribution in [1.29, 1.82) is 0 Å². The fourth-order valence-electron chi connectivity index (χ4n) is 2.72. The number of thiophene rings is 1. The van der Waals surface area contributed by atoms with Gasteiger partial charge < -0.3 is 10.3 Å². The van der Waals surface area contributed by atoms with Gasteiger partial charge in [0.25, 0.3) is 0 Å². The average molecular weight is 340 g/mol. The second-order valence-electron chi connectivity index (χ2n) is 5.14. The molecule has 2 aromatic heterocycles. The van der Waals surface area contributed by atoms with Gasteiger partial charge in [0, 0.05) is 9.75 Å². The van der Waals surface area contributed by atoms with Gasteiger partial charge in [0.2, 0.25) is 5.95 Å². The van der Waals surface area contributed by atoms with Gasteiger partial charge in [0.05, 0.1) is 27.1 Å². The van der Waals surface area contributed by atoms with Gasteiger partial charge in [-0.25, -0.2) is 4.98 Å². The maximum absolute atomic E-state index is 6.14. The van der Waals surface area contributed by atoms with E-state index >= 15 is 0 Å². The van der Waals surface area contributed by atoms with Crippen LogP contribution in [0, 0.1) is 13.8 Å². The zero-order valence-electron chi connectivity index (χ0n) is 11.9. The minimum atomic E-state index is 0.0946. The van der Waals surface area contributed by atoms with Crippen molar-refractivity contribution in [2.45, 2.75) is 26.8 Å². The van der Waals surface area contributed by atoms with Crippen LogP contribution in [-0.4, -0.2) is 9.55 Å². The van der Waals surface area contributed by atoms with Crippen molar-refractivity contribution in [3.05, 3.63) is 43.6 Å². The van der Waals surface area contributed by atoms with Crippen LogP contribution in [0.4, 0.5) is 5.95 Å². The SMILES string of the molecule is Cc1cc(C(C)n2c(N)nc3cc(Cl)c(Cl)cc32)c(C)s1. The van der Waals surface area contributed by atoms with Crippen molar-refractivity contribution in [3.63, 3.8) is 0 Å². The number of aryl methyl sites for hydroxylation is 2. The Kier molecular flexibility index (Phi) is 3.64. The van der Waals surface area contributed by atoms with Crippen LogP contribution < -0.4 is 5.73 Å². The first-order valence-corrected chi connectivity index (χ1v) is 8.15. The summed E-state index contributed by atoms with van der Waals surface area (Å²) in [6.45, 7) is 6.36. The van der Waals surface area contributed by atoms with Gasteiger partial charge in [-0.2, -0.15) is 0 Å².